The first-order chi connectivity index (χ1) is 21.4. The van der Waals surface area contributed by atoms with Crippen LogP contribution in [0.2, 0.25) is 10.0 Å². The van der Waals surface area contributed by atoms with Gasteiger partial charge in [0.2, 0.25) is 0 Å². The maximum absolute atomic E-state index is 14.1. The van der Waals surface area contributed by atoms with Crippen LogP contribution in [0.1, 0.15) is 24.8 Å². The van der Waals surface area contributed by atoms with Crippen LogP contribution in [0.3, 0.4) is 0 Å². The maximum Gasteiger partial charge on any atom is 0.332 e. The molecule has 1 unspecified atom stereocenters. The number of carbonyl (C=O) groups is 1. The van der Waals surface area contributed by atoms with Crippen molar-refractivity contribution in [1.29, 1.82) is 0 Å². The lowest BCUT2D eigenvalue weighted by atomic mass is 9.95. The number of benzene rings is 3. The van der Waals surface area contributed by atoms with Crippen LogP contribution < -0.4 is 0 Å². The van der Waals surface area contributed by atoms with Gasteiger partial charge < -0.3 is 28.3 Å². The van der Waals surface area contributed by atoms with Gasteiger partial charge in [0.15, 0.2) is 6.29 Å². The fraction of sp³-hybridized carbons (Fsp3) is 0.312. The van der Waals surface area contributed by atoms with Crippen molar-refractivity contribution in [2.75, 3.05) is 19.8 Å². The molecule has 2 aliphatic heterocycles. The number of hydrogen-bond donors (Lipinski definition) is 0. The molecule has 2 aliphatic rings. The van der Waals surface area contributed by atoms with E-state index in [-0.39, 0.29) is 25.6 Å². The van der Waals surface area contributed by atoms with Crippen molar-refractivity contribution in [3.8, 4) is 11.3 Å². The number of carbonyl (C=O) groups excluding carboxylic acids is 1. The molecule has 1 aromatic heterocycles. The Morgan fingerprint density at radius 1 is 1.07 bits per heavy atom. The van der Waals surface area contributed by atoms with Crippen molar-refractivity contribution in [3.63, 3.8) is 0 Å². The minimum Gasteiger partial charge on any atom is -0.464 e. The summed E-state index contributed by atoms with van der Waals surface area (Å²) in [6, 6.07) is 20.6. The summed E-state index contributed by atoms with van der Waals surface area (Å²) in [6.45, 7) is 1.89. The fourth-order valence-electron chi connectivity index (χ4n) is 5.31. The lowest BCUT2D eigenvalue weighted by molar-refractivity contribution is -0.309. The molecule has 6 rings (SSSR count). The van der Waals surface area contributed by atoms with Crippen LogP contribution in [-0.2, 0) is 28.5 Å². The number of rotatable bonds is 9. The van der Waals surface area contributed by atoms with E-state index in [1.54, 1.807) is 37.5 Å². The Morgan fingerprint density at radius 3 is 2.68 bits per heavy atom. The molecule has 44 heavy (non-hydrogen) atoms. The Labute approximate surface area is 268 Å². The van der Waals surface area contributed by atoms with Gasteiger partial charge in [-0.2, -0.15) is 0 Å². The molecule has 0 bridgehead atoms. The van der Waals surface area contributed by atoms with Gasteiger partial charge in [0.25, 0.3) is 0 Å². The Kier molecular flexibility index (Phi) is 9.87. The van der Waals surface area contributed by atoms with Crippen molar-refractivity contribution in [2.24, 2.45) is 0 Å². The number of thioether (sulfide) groups is 1. The predicted octanol–water partition coefficient (Wildman–Crippen LogP) is 7.12. The molecule has 4 aromatic rings. The molecule has 3 heterocycles. The topological polar surface area (TPSA) is 81.0 Å². The number of esters is 1. The van der Waals surface area contributed by atoms with Gasteiger partial charge in [0.1, 0.15) is 36.2 Å². The number of aromatic nitrogens is 2. The van der Waals surface area contributed by atoms with Crippen LogP contribution in [0.25, 0.3) is 11.3 Å². The molecule has 12 heteroatoms. The van der Waals surface area contributed by atoms with Gasteiger partial charge in [-0.15, -0.1) is 0 Å². The average Bonchev–Trinajstić information content (AvgIpc) is 3.52. The molecule has 2 fully saturated rings. The average molecular weight is 660 g/mol. The normalized spacial score (nSPS) is 24.9. The van der Waals surface area contributed by atoms with E-state index in [4.69, 9.17) is 46.9 Å². The van der Waals surface area contributed by atoms with Gasteiger partial charge in [-0.3, -0.25) is 0 Å². The SMILES string of the molecule is CCOC(=O)CO[C@@H]1[C@@H](n2cnc(-c3cccc(F)c3)c2)[C@H]2OC(c3ccccc3)OC[C@H]2O[C@@H]1Sc1ccc(Cl)c(Cl)c1. The van der Waals surface area contributed by atoms with Crippen LogP contribution in [0, 0.1) is 5.82 Å². The quantitative estimate of drug-likeness (QED) is 0.176. The van der Waals surface area contributed by atoms with Gasteiger partial charge in [-0.1, -0.05) is 77.4 Å². The number of hydrogen-bond acceptors (Lipinski definition) is 8. The van der Waals surface area contributed by atoms with Gasteiger partial charge in [0, 0.05) is 22.2 Å². The summed E-state index contributed by atoms with van der Waals surface area (Å²) in [5, 5.41) is 0.827. The highest BCUT2D eigenvalue weighted by molar-refractivity contribution is 7.99. The van der Waals surface area contributed by atoms with Crippen molar-refractivity contribution in [1.82, 2.24) is 9.55 Å². The van der Waals surface area contributed by atoms with Gasteiger partial charge in [-0.25, -0.2) is 14.2 Å². The standard InChI is InChI=1S/C32H29Cl2FN2O6S/c1-2-39-27(38)17-40-30-28(37-15-25(36-18-37)20-9-6-10-21(35)13-20)29-26(16-41-31(43-29)19-7-4-3-5-8-19)42-32(30)44-22-11-12-23(33)24(34)14-22/h3-15,18,26,28-32H,2,16-17H2,1H3/t26-,28+,29+,30-,31?,32-/m1/s1. The molecule has 0 radical (unpaired) electrons. The highest BCUT2D eigenvalue weighted by Gasteiger charge is 2.52. The molecular formula is C32H29Cl2FN2O6S. The van der Waals surface area contributed by atoms with Crippen molar-refractivity contribution >= 4 is 40.9 Å². The highest BCUT2D eigenvalue weighted by Crippen LogP contribution is 2.45. The predicted molar refractivity (Wildman–Crippen MR) is 164 cm³/mol. The minimum atomic E-state index is -0.732. The number of nitrogens with zero attached hydrogens (tertiary/aromatic N) is 2. The summed E-state index contributed by atoms with van der Waals surface area (Å²) in [7, 11) is 0. The first-order valence-electron chi connectivity index (χ1n) is 14.1. The third kappa shape index (κ3) is 6.97. The van der Waals surface area contributed by atoms with Gasteiger partial charge in [-0.05, 0) is 37.3 Å². The lowest BCUT2D eigenvalue weighted by Crippen LogP contribution is -2.59. The molecule has 0 saturated carbocycles. The third-order valence-corrected chi connectivity index (χ3v) is 9.17. The van der Waals surface area contributed by atoms with E-state index in [9.17, 15) is 9.18 Å². The first-order valence-corrected chi connectivity index (χ1v) is 15.7. The summed E-state index contributed by atoms with van der Waals surface area (Å²) < 4.78 is 46.8. The van der Waals surface area contributed by atoms with Gasteiger partial charge >= 0.3 is 5.97 Å². The zero-order valence-corrected chi connectivity index (χ0v) is 25.9. The van der Waals surface area contributed by atoms with E-state index in [1.165, 1.54) is 23.9 Å². The second-order valence-electron chi connectivity index (χ2n) is 10.2. The summed E-state index contributed by atoms with van der Waals surface area (Å²) in [5.41, 5.74) is 1.41. The first kappa shape index (κ1) is 31.0. The number of halogens is 3. The Morgan fingerprint density at radius 2 is 1.91 bits per heavy atom. The zero-order valence-electron chi connectivity index (χ0n) is 23.6. The van der Waals surface area contributed by atoms with E-state index < -0.39 is 42.0 Å². The fourth-order valence-corrected chi connectivity index (χ4v) is 6.84. The summed E-state index contributed by atoms with van der Waals surface area (Å²) in [6.07, 6.45) is 1.03. The van der Waals surface area contributed by atoms with Crippen molar-refractivity contribution in [3.05, 3.63) is 107 Å². The van der Waals surface area contributed by atoms with Crippen LogP contribution >= 0.6 is 35.0 Å². The Balaban J connectivity index is 1.39. The maximum atomic E-state index is 14.1. The number of imidazole rings is 1. The minimum absolute atomic E-state index is 0.219. The Bertz CT molecular complexity index is 1590. The summed E-state index contributed by atoms with van der Waals surface area (Å²) in [5.74, 6) is -0.872. The van der Waals surface area contributed by atoms with E-state index in [0.717, 1.165) is 10.5 Å². The highest BCUT2D eigenvalue weighted by atomic mass is 35.5. The van der Waals surface area contributed by atoms with E-state index in [1.807, 2.05) is 47.2 Å². The molecule has 2 saturated heterocycles. The second kappa shape index (κ2) is 14.0. The lowest BCUT2D eigenvalue weighted by Gasteiger charge is -2.49. The number of ether oxygens (including phenoxy) is 5. The largest absolute Gasteiger partial charge is 0.464 e. The van der Waals surface area contributed by atoms with Crippen LogP contribution in [0.4, 0.5) is 4.39 Å². The molecule has 0 N–H and O–H groups in total. The van der Waals surface area contributed by atoms with E-state index in [2.05, 4.69) is 4.98 Å². The third-order valence-electron chi connectivity index (χ3n) is 7.29. The molecule has 0 aliphatic carbocycles. The van der Waals surface area contributed by atoms with Gasteiger partial charge in [0.05, 0.1) is 41.3 Å². The second-order valence-corrected chi connectivity index (χ2v) is 12.2. The zero-order chi connectivity index (χ0) is 30.6. The Hall–Kier alpha value is -2.96. The molecule has 8 nitrogen and oxygen atoms in total. The van der Waals surface area contributed by atoms with Crippen molar-refractivity contribution in [2.45, 2.75) is 47.9 Å². The smallest absolute Gasteiger partial charge is 0.332 e. The monoisotopic (exact) mass is 658 g/mol. The van der Waals surface area contributed by atoms with Crippen LogP contribution in [-0.4, -0.2) is 59.1 Å². The van der Waals surface area contributed by atoms with E-state index >= 15 is 0 Å². The molecule has 0 amide bonds. The molecule has 6 atom stereocenters. The molecule has 3 aromatic carbocycles. The molecule has 230 valence electrons. The van der Waals surface area contributed by atoms with E-state index in [0.29, 0.717) is 21.3 Å². The summed E-state index contributed by atoms with van der Waals surface area (Å²) in [4.78, 5) is 17.9. The summed E-state index contributed by atoms with van der Waals surface area (Å²) >= 11 is 13.9. The molecule has 0 spiro atoms. The van der Waals surface area contributed by atoms with Crippen molar-refractivity contribution < 1.29 is 32.9 Å². The number of fused-ring (bicyclic) bond motifs is 1. The van der Waals surface area contributed by atoms with Crippen LogP contribution in [0.15, 0.2) is 90.2 Å². The molecular weight excluding hydrogens is 630 g/mol. The van der Waals surface area contributed by atoms with Crippen LogP contribution in [0.5, 0.6) is 0 Å².